The summed E-state index contributed by atoms with van der Waals surface area (Å²) in [5.41, 5.74) is 2.09. The first-order valence-electron chi connectivity index (χ1n) is 5.08. The summed E-state index contributed by atoms with van der Waals surface area (Å²) in [5, 5.41) is 9.23. The highest BCUT2D eigenvalue weighted by atomic mass is 127. The molecule has 1 unspecified atom stereocenters. The molecule has 2 rings (SSSR count). The molecule has 0 spiro atoms. The first-order valence-corrected chi connectivity index (χ1v) is 6.16. The summed E-state index contributed by atoms with van der Waals surface area (Å²) >= 11 is 2.25. The van der Waals surface area contributed by atoms with Gasteiger partial charge in [-0.1, -0.05) is 6.07 Å². The van der Waals surface area contributed by atoms with Gasteiger partial charge in [-0.05, 0) is 71.5 Å². The van der Waals surface area contributed by atoms with Crippen LogP contribution < -0.4 is 0 Å². The number of rotatable bonds is 3. The van der Waals surface area contributed by atoms with E-state index in [-0.39, 0.29) is 5.92 Å². The Hall–Kier alpha value is -0.580. The van der Waals surface area contributed by atoms with Crippen LogP contribution in [-0.4, -0.2) is 11.1 Å². The summed E-state index contributed by atoms with van der Waals surface area (Å²) in [6.07, 6.45) is 2.12. The maximum Gasteiger partial charge on any atom is 0.311 e. The molecule has 0 saturated heterocycles. The molecule has 80 valence electrons. The summed E-state index contributed by atoms with van der Waals surface area (Å²) in [6, 6.07) is 6.00. The Morgan fingerprint density at radius 1 is 1.53 bits per heavy atom. The average Bonchev–Trinajstić information content (AvgIpc) is 2.92. The van der Waals surface area contributed by atoms with Crippen LogP contribution in [0.15, 0.2) is 18.2 Å². The molecule has 0 amide bonds. The van der Waals surface area contributed by atoms with Crippen molar-refractivity contribution in [1.82, 2.24) is 0 Å². The Labute approximate surface area is 103 Å². The van der Waals surface area contributed by atoms with Gasteiger partial charge in [0.2, 0.25) is 0 Å². The Morgan fingerprint density at radius 3 is 2.67 bits per heavy atom. The fourth-order valence-corrected chi connectivity index (χ4v) is 2.65. The van der Waals surface area contributed by atoms with E-state index in [1.54, 1.807) is 0 Å². The fourth-order valence-electron chi connectivity index (χ4n) is 2.01. The molecular formula is C12H13IO2. The molecular weight excluding hydrogens is 303 g/mol. The lowest BCUT2D eigenvalue weighted by molar-refractivity contribution is -0.139. The first kappa shape index (κ1) is 10.9. The molecule has 0 radical (unpaired) electrons. The van der Waals surface area contributed by atoms with E-state index in [1.807, 2.05) is 25.1 Å². The van der Waals surface area contributed by atoms with Gasteiger partial charge in [0.25, 0.3) is 0 Å². The highest BCUT2D eigenvalue weighted by Gasteiger charge is 2.37. The maximum atomic E-state index is 11.2. The van der Waals surface area contributed by atoms with Crippen LogP contribution in [0.3, 0.4) is 0 Å². The smallest absolute Gasteiger partial charge is 0.311 e. The molecule has 1 aromatic carbocycles. The molecule has 1 fully saturated rings. The van der Waals surface area contributed by atoms with Gasteiger partial charge in [0.05, 0.1) is 5.92 Å². The Morgan fingerprint density at radius 2 is 2.20 bits per heavy atom. The number of carboxylic acids is 1. The molecule has 1 saturated carbocycles. The SMILES string of the molecule is Cc1cc(I)ccc1C(C(=O)O)C1CC1. The van der Waals surface area contributed by atoms with E-state index in [1.165, 1.54) is 0 Å². The lowest BCUT2D eigenvalue weighted by Crippen LogP contribution is -2.14. The van der Waals surface area contributed by atoms with E-state index < -0.39 is 5.97 Å². The van der Waals surface area contributed by atoms with Crippen LogP contribution in [-0.2, 0) is 4.79 Å². The zero-order valence-electron chi connectivity index (χ0n) is 8.53. The zero-order chi connectivity index (χ0) is 11.0. The van der Waals surface area contributed by atoms with E-state index in [0.717, 1.165) is 27.5 Å². The van der Waals surface area contributed by atoms with Crippen molar-refractivity contribution in [2.75, 3.05) is 0 Å². The van der Waals surface area contributed by atoms with Crippen molar-refractivity contribution in [1.29, 1.82) is 0 Å². The van der Waals surface area contributed by atoms with Gasteiger partial charge in [0.15, 0.2) is 0 Å². The minimum Gasteiger partial charge on any atom is -0.481 e. The number of carbonyl (C=O) groups is 1. The molecule has 1 N–H and O–H groups in total. The van der Waals surface area contributed by atoms with E-state index in [9.17, 15) is 9.90 Å². The molecule has 0 aromatic heterocycles. The van der Waals surface area contributed by atoms with Gasteiger partial charge in [-0.2, -0.15) is 0 Å². The first-order chi connectivity index (χ1) is 7.09. The molecule has 1 aliphatic rings. The normalized spacial score (nSPS) is 17.5. The largest absolute Gasteiger partial charge is 0.481 e. The van der Waals surface area contributed by atoms with Crippen molar-refractivity contribution in [3.63, 3.8) is 0 Å². The van der Waals surface area contributed by atoms with Crippen LogP contribution >= 0.6 is 22.6 Å². The van der Waals surface area contributed by atoms with Crippen LogP contribution in [0.2, 0.25) is 0 Å². The number of hydrogen-bond acceptors (Lipinski definition) is 1. The fraction of sp³-hybridized carbons (Fsp3) is 0.417. The van der Waals surface area contributed by atoms with E-state index in [2.05, 4.69) is 22.6 Å². The second-order valence-electron chi connectivity index (χ2n) is 4.15. The average molecular weight is 316 g/mol. The van der Waals surface area contributed by atoms with Crippen molar-refractivity contribution in [3.8, 4) is 0 Å². The summed E-state index contributed by atoms with van der Waals surface area (Å²) in [7, 11) is 0. The highest BCUT2D eigenvalue weighted by molar-refractivity contribution is 14.1. The van der Waals surface area contributed by atoms with Crippen LogP contribution in [0.1, 0.15) is 29.9 Å². The van der Waals surface area contributed by atoms with Crippen molar-refractivity contribution < 1.29 is 9.90 Å². The summed E-state index contributed by atoms with van der Waals surface area (Å²) in [5.74, 6) is -0.606. The Balaban J connectivity index is 2.37. The monoisotopic (exact) mass is 316 g/mol. The summed E-state index contributed by atoms with van der Waals surface area (Å²) < 4.78 is 1.16. The third kappa shape index (κ3) is 2.33. The van der Waals surface area contributed by atoms with Crippen molar-refractivity contribution in [2.24, 2.45) is 5.92 Å². The van der Waals surface area contributed by atoms with E-state index in [0.29, 0.717) is 5.92 Å². The number of halogens is 1. The molecule has 1 aromatic rings. The van der Waals surface area contributed by atoms with E-state index >= 15 is 0 Å². The lowest BCUT2D eigenvalue weighted by atomic mass is 9.91. The molecule has 15 heavy (non-hydrogen) atoms. The highest BCUT2D eigenvalue weighted by Crippen LogP contribution is 2.43. The van der Waals surface area contributed by atoms with Crippen LogP contribution in [0.4, 0.5) is 0 Å². The number of aliphatic carboxylic acids is 1. The van der Waals surface area contributed by atoms with Gasteiger partial charge >= 0.3 is 5.97 Å². The van der Waals surface area contributed by atoms with Crippen molar-refractivity contribution >= 4 is 28.6 Å². The molecule has 3 heteroatoms. The lowest BCUT2D eigenvalue weighted by Gasteiger charge is -2.14. The molecule has 1 aliphatic carbocycles. The summed E-state index contributed by atoms with van der Waals surface area (Å²) in [6.45, 7) is 2.00. The van der Waals surface area contributed by atoms with Crippen LogP contribution in [0.25, 0.3) is 0 Å². The van der Waals surface area contributed by atoms with Gasteiger partial charge < -0.3 is 5.11 Å². The van der Waals surface area contributed by atoms with Gasteiger partial charge in [-0.15, -0.1) is 0 Å². The van der Waals surface area contributed by atoms with Crippen LogP contribution in [0, 0.1) is 16.4 Å². The maximum absolute atomic E-state index is 11.2. The molecule has 0 aliphatic heterocycles. The number of benzene rings is 1. The van der Waals surface area contributed by atoms with Crippen molar-refractivity contribution in [3.05, 3.63) is 32.9 Å². The summed E-state index contributed by atoms with van der Waals surface area (Å²) in [4.78, 5) is 11.2. The predicted octanol–water partition coefficient (Wildman–Crippen LogP) is 3.18. The Bertz CT molecular complexity index is 397. The second kappa shape index (κ2) is 4.12. The number of aryl methyl sites for hydroxylation is 1. The molecule has 0 heterocycles. The quantitative estimate of drug-likeness (QED) is 0.870. The third-order valence-corrected chi connectivity index (χ3v) is 3.60. The van der Waals surface area contributed by atoms with Gasteiger partial charge in [0, 0.05) is 3.57 Å². The topological polar surface area (TPSA) is 37.3 Å². The predicted molar refractivity (Wildman–Crippen MR) is 67.0 cm³/mol. The minimum absolute atomic E-state index is 0.290. The Kier molecular flexibility index (Phi) is 3.00. The zero-order valence-corrected chi connectivity index (χ0v) is 10.7. The third-order valence-electron chi connectivity index (χ3n) is 2.93. The number of hydrogen-bond donors (Lipinski definition) is 1. The van der Waals surface area contributed by atoms with E-state index in [4.69, 9.17) is 0 Å². The molecule has 1 atom stereocenters. The second-order valence-corrected chi connectivity index (χ2v) is 5.40. The standard InChI is InChI=1S/C12H13IO2/c1-7-6-9(13)4-5-10(7)11(12(14)15)8-2-3-8/h4-6,8,11H,2-3H2,1H3,(H,14,15). The van der Waals surface area contributed by atoms with Crippen LogP contribution in [0.5, 0.6) is 0 Å². The molecule has 0 bridgehead atoms. The van der Waals surface area contributed by atoms with Gasteiger partial charge in [-0.3, -0.25) is 4.79 Å². The van der Waals surface area contributed by atoms with Crippen molar-refractivity contribution in [2.45, 2.75) is 25.7 Å². The van der Waals surface area contributed by atoms with Gasteiger partial charge in [0.1, 0.15) is 0 Å². The molecule has 2 nitrogen and oxygen atoms in total. The number of carboxylic acid groups (broad SMARTS) is 1. The minimum atomic E-state index is -0.679. The van der Waals surface area contributed by atoms with Gasteiger partial charge in [-0.25, -0.2) is 0 Å².